The summed E-state index contributed by atoms with van der Waals surface area (Å²) >= 11 is 1.59. The molecule has 0 radical (unpaired) electrons. The van der Waals surface area contributed by atoms with E-state index in [0.717, 1.165) is 11.8 Å². The lowest BCUT2D eigenvalue weighted by atomic mass is 10.0. The quantitative estimate of drug-likeness (QED) is 0.887. The summed E-state index contributed by atoms with van der Waals surface area (Å²) in [6.45, 7) is 0. The van der Waals surface area contributed by atoms with E-state index < -0.39 is 11.7 Å². The third kappa shape index (κ3) is 4.06. The van der Waals surface area contributed by atoms with Gasteiger partial charge in [0.25, 0.3) is 0 Å². The zero-order valence-corrected chi connectivity index (χ0v) is 9.74. The number of hydrogen-bond donors (Lipinski definition) is 1. The smallest absolute Gasteiger partial charge is 0.327 e. The molecule has 1 aromatic rings. The minimum absolute atomic E-state index is 0.0986. The molecule has 16 heavy (non-hydrogen) atoms. The summed E-state index contributed by atoms with van der Waals surface area (Å²) in [7, 11) is 0. The average molecular weight is 249 g/mol. The van der Waals surface area contributed by atoms with Crippen LogP contribution in [0, 0.1) is 0 Å². The summed E-state index contributed by atoms with van der Waals surface area (Å²) < 4.78 is 37.3. The van der Waals surface area contributed by atoms with E-state index in [1.165, 1.54) is 12.1 Å². The first-order valence-electron chi connectivity index (χ1n) is 4.84. The second kappa shape index (κ2) is 5.59. The van der Waals surface area contributed by atoms with Crippen molar-refractivity contribution in [3.8, 4) is 0 Å². The van der Waals surface area contributed by atoms with Gasteiger partial charge in [-0.1, -0.05) is 18.2 Å². The Morgan fingerprint density at radius 3 is 2.62 bits per heavy atom. The van der Waals surface area contributed by atoms with Gasteiger partial charge in [0.05, 0.1) is 5.56 Å². The van der Waals surface area contributed by atoms with Crippen molar-refractivity contribution in [1.29, 1.82) is 0 Å². The van der Waals surface area contributed by atoms with E-state index in [1.807, 2.05) is 6.26 Å². The van der Waals surface area contributed by atoms with E-state index in [1.54, 1.807) is 17.8 Å². The van der Waals surface area contributed by atoms with Crippen LogP contribution in [0.5, 0.6) is 0 Å². The zero-order chi connectivity index (χ0) is 12.2. The van der Waals surface area contributed by atoms with Crippen LogP contribution in [0.3, 0.4) is 0 Å². The third-order valence-electron chi connectivity index (χ3n) is 2.13. The number of hydrogen-bond acceptors (Lipinski definition) is 2. The van der Waals surface area contributed by atoms with Crippen molar-refractivity contribution in [3.63, 3.8) is 0 Å². The number of rotatable bonds is 4. The van der Waals surface area contributed by atoms with Crippen LogP contribution >= 0.6 is 11.8 Å². The topological polar surface area (TPSA) is 26.0 Å². The highest BCUT2D eigenvalue weighted by Crippen LogP contribution is 2.29. The molecule has 0 aliphatic heterocycles. The lowest BCUT2D eigenvalue weighted by Gasteiger charge is -2.12. The van der Waals surface area contributed by atoms with Gasteiger partial charge < -0.3 is 5.73 Å². The first-order chi connectivity index (χ1) is 7.43. The maximum atomic E-state index is 12.4. The van der Waals surface area contributed by atoms with Crippen molar-refractivity contribution in [1.82, 2.24) is 0 Å². The molecule has 1 rings (SSSR count). The predicted octanol–water partition coefficient (Wildman–Crippen LogP) is 2.94. The molecule has 0 fully saturated rings. The number of thioether (sulfide) groups is 1. The van der Waals surface area contributed by atoms with E-state index in [4.69, 9.17) is 5.73 Å². The van der Waals surface area contributed by atoms with E-state index in [0.29, 0.717) is 12.0 Å². The highest BCUT2D eigenvalue weighted by molar-refractivity contribution is 7.98. The molecule has 1 nitrogen and oxygen atoms in total. The van der Waals surface area contributed by atoms with Crippen molar-refractivity contribution >= 4 is 11.8 Å². The molecule has 1 atom stereocenters. The highest BCUT2D eigenvalue weighted by Gasteiger charge is 2.30. The molecule has 0 saturated carbocycles. The van der Waals surface area contributed by atoms with Crippen LogP contribution in [-0.4, -0.2) is 18.1 Å². The van der Waals surface area contributed by atoms with Gasteiger partial charge in [-0.15, -0.1) is 0 Å². The minimum atomic E-state index is -4.28. The zero-order valence-electron chi connectivity index (χ0n) is 8.92. The molecule has 1 aromatic carbocycles. The Morgan fingerprint density at radius 2 is 2.06 bits per heavy atom. The predicted molar refractivity (Wildman–Crippen MR) is 61.5 cm³/mol. The summed E-state index contributed by atoms with van der Waals surface area (Å²) in [5, 5.41) is 0. The van der Waals surface area contributed by atoms with Gasteiger partial charge in [0.2, 0.25) is 0 Å². The number of benzene rings is 1. The van der Waals surface area contributed by atoms with Crippen molar-refractivity contribution in [3.05, 3.63) is 35.4 Å². The Labute approximate surface area is 97.2 Å². The monoisotopic (exact) mass is 249 g/mol. The number of alkyl halides is 3. The Hall–Kier alpha value is -0.680. The fourth-order valence-electron chi connectivity index (χ4n) is 1.45. The highest BCUT2D eigenvalue weighted by atomic mass is 32.2. The summed E-state index contributed by atoms with van der Waals surface area (Å²) in [5.41, 5.74) is 5.80. The molecule has 0 aromatic heterocycles. The van der Waals surface area contributed by atoms with Crippen molar-refractivity contribution in [2.45, 2.75) is 18.6 Å². The van der Waals surface area contributed by atoms with Crippen LogP contribution in [-0.2, 0) is 12.6 Å². The molecule has 0 aliphatic carbocycles. The molecule has 0 saturated heterocycles. The van der Waals surface area contributed by atoms with Gasteiger partial charge in [0, 0.05) is 11.8 Å². The number of halogens is 3. The molecule has 2 N–H and O–H groups in total. The molecule has 5 heteroatoms. The molecular formula is C11H14F3NS. The van der Waals surface area contributed by atoms with E-state index in [-0.39, 0.29) is 6.04 Å². The Balaban J connectivity index is 2.75. The van der Waals surface area contributed by atoms with E-state index in [2.05, 4.69) is 0 Å². The second-order valence-corrected chi connectivity index (χ2v) is 4.53. The standard InChI is InChI=1S/C11H14F3NS/c1-16-7-10(15)6-8-3-2-4-9(5-8)11(12,13)14/h2-5,10H,6-7,15H2,1H3. The Bertz CT molecular complexity index is 338. The van der Waals surface area contributed by atoms with Gasteiger partial charge in [-0.2, -0.15) is 24.9 Å². The van der Waals surface area contributed by atoms with Crippen LogP contribution in [0.2, 0.25) is 0 Å². The van der Waals surface area contributed by atoms with E-state index >= 15 is 0 Å². The fourth-order valence-corrected chi connectivity index (χ4v) is 2.00. The van der Waals surface area contributed by atoms with Crippen LogP contribution < -0.4 is 5.73 Å². The third-order valence-corrected chi connectivity index (χ3v) is 2.89. The molecule has 90 valence electrons. The Kier molecular flexibility index (Phi) is 4.68. The normalized spacial score (nSPS) is 13.8. The molecule has 0 aliphatic rings. The van der Waals surface area contributed by atoms with Crippen LogP contribution in [0.25, 0.3) is 0 Å². The lowest BCUT2D eigenvalue weighted by molar-refractivity contribution is -0.137. The summed E-state index contributed by atoms with van der Waals surface area (Å²) in [5.74, 6) is 0.746. The summed E-state index contributed by atoms with van der Waals surface area (Å²) in [6, 6.07) is 5.24. The number of nitrogens with two attached hydrogens (primary N) is 1. The van der Waals surface area contributed by atoms with Gasteiger partial charge >= 0.3 is 6.18 Å². The van der Waals surface area contributed by atoms with Gasteiger partial charge in [-0.05, 0) is 24.3 Å². The lowest BCUT2D eigenvalue weighted by Crippen LogP contribution is -2.25. The first kappa shape index (κ1) is 13.4. The minimum Gasteiger partial charge on any atom is -0.327 e. The molecule has 0 heterocycles. The summed E-state index contributed by atoms with van der Waals surface area (Å²) in [4.78, 5) is 0. The first-order valence-corrected chi connectivity index (χ1v) is 6.23. The molecule has 0 amide bonds. The second-order valence-electron chi connectivity index (χ2n) is 3.62. The molecule has 1 unspecified atom stereocenters. The average Bonchev–Trinajstić information content (AvgIpc) is 2.17. The molecular weight excluding hydrogens is 235 g/mol. The van der Waals surface area contributed by atoms with Crippen molar-refractivity contribution < 1.29 is 13.2 Å². The SMILES string of the molecule is CSCC(N)Cc1cccc(C(F)(F)F)c1. The van der Waals surface area contributed by atoms with Gasteiger partial charge in [-0.3, -0.25) is 0 Å². The van der Waals surface area contributed by atoms with Gasteiger partial charge in [0.15, 0.2) is 0 Å². The molecule has 0 bridgehead atoms. The van der Waals surface area contributed by atoms with Crippen molar-refractivity contribution in [2.75, 3.05) is 12.0 Å². The fraction of sp³-hybridized carbons (Fsp3) is 0.455. The Morgan fingerprint density at radius 1 is 1.38 bits per heavy atom. The largest absolute Gasteiger partial charge is 0.416 e. The van der Waals surface area contributed by atoms with Gasteiger partial charge in [-0.25, -0.2) is 0 Å². The van der Waals surface area contributed by atoms with Crippen molar-refractivity contribution in [2.24, 2.45) is 5.73 Å². The van der Waals surface area contributed by atoms with Crippen LogP contribution in [0.1, 0.15) is 11.1 Å². The van der Waals surface area contributed by atoms with Gasteiger partial charge in [0.1, 0.15) is 0 Å². The summed E-state index contributed by atoms with van der Waals surface area (Å²) in [6.07, 6.45) is -1.88. The maximum absolute atomic E-state index is 12.4. The van der Waals surface area contributed by atoms with Crippen LogP contribution in [0.15, 0.2) is 24.3 Å². The molecule has 0 spiro atoms. The maximum Gasteiger partial charge on any atom is 0.416 e. The van der Waals surface area contributed by atoms with E-state index in [9.17, 15) is 13.2 Å². The van der Waals surface area contributed by atoms with Crippen LogP contribution in [0.4, 0.5) is 13.2 Å².